The first kappa shape index (κ1) is 19.7. The van der Waals surface area contributed by atoms with Gasteiger partial charge in [-0.25, -0.2) is 0 Å². The van der Waals surface area contributed by atoms with Gasteiger partial charge in [-0.2, -0.15) is 0 Å². The number of carbonyl (C=O) groups is 3. The Hall–Kier alpha value is -2.08. The molecule has 0 N–H and O–H groups in total. The second-order valence-corrected chi connectivity index (χ2v) is 8.63. The molecular formula is C20H26ClN3O3. The maximum Gasteiger partial charge on any atom is 0.228 e. The number of benzene rings is 1. The van der Waals surface area contributed by atoms with E-state index in [1.54, 1.807) is 21.9 Å². The van der Waals surface area contributed by atoms with E-state index in [4.69, 9.17) is 11.6 Å². The SMILES string of the molecule is CC(C)(C)C(=O)N1CCN(C(=O)C2CC(=O)N(c3ccccc3Cl)C2)CC1. The van der Waals surface area contributed by atoms with Crippen LogP contribution in [0.1, 0.15) is 27.2 Å². The summed E-state index contributed by atoms with van der Waals surface area (Å²) in [4.78, 5) is 42.9. The maximum absolute atomic E-state index is 12.9. The molecule has 0 bridgehead atoms. The first-order chi connectivity index (χ1) is 12.7. The minimum Gasteiger partial charge on any atom is -0.339 e. The van der Waals surface area contributed by atoms with Crippen molar-refractivity contribution in [3.8, 4) is 0 Å². The standard InChI is InChI=1S/C20H26ClN3O3/c1-20(2,3)19(27)23-10-8-22(9-11-23)18(26)14-12-17(25)24(13-14)16-7-5-4-6-15(16)21/h4-7,14H,8-13H2,1-3H3. The molecule has 3 rings (SSSR count). The lowest BCUT2D eigenvalue weighted by molar-refractivity contribution is -0.146. The Bertz CT molecular complexity index is 751. The molecule has 146 valence electrons. The number of hydrogen-bond donors (Lipinski definition) is 0. The number of carbonyl (C=O) groups excluding carboxylic acids is 3. The van der Waals surface area contributed by atoms with Crippen molar-refractivity contribution in [3.05, 3.63) is 29.3 Å². The van der Waals surface area contributed by atoms with E-state index in [-0.39, 0.29) is 30.1 Å². The topological polar surface area (TPSA) is 60.9 Å². The lowest BCUT2D eigenvalue weighted by atomic mass is 9.94. The number of nitrogens with zero attached hydrogens (tertiary/aromatic N) is 3. The average molecular weight is 392 g/mol. The Labute approximate surface area is 165 Å². The molecule has 0 saturated carbocycles. The zero-order valence-corrected chi connectivity index (χ0v) is 16.8. The second-order valence-electron chi connectivity index (χ2n) is 8.22. The smallest absolute Gasteiger partial charge is 0.228 e. The summed E-state index contributed by atoms with van der Waals surface area (Å²) in [6, 6.07) is 7.18. The minimum atomic E-state index is -0.417. The van der Waals surface area contributed by atoms with Crippen molar-refractivity contribution in [3.63, 3.8) is 0 Å². The van der Waals surface area contributed by atoms with Gasteiger partial charge in [0.25, 0.3) is 0 Å². The van der Waals surface area contributed by atoms with Crippen LogP contribution in [0.5, 0.6) is 0 Å². The highest BCUT2D eigenvalue weighted by Crippen LogP contribution is 2.31. The van der Waals surface area contributed by atoms with Crippen LogP contribution in [0.2, 0.25) is 5.02 Å². The summed E-state index contributed by atoms with van der Waals surface area (Å²) < 4.78 is 0. The molecule has 27 heavy (non-hydrogen) atoms. The summed E-state index contributed by atoms with van der Waals surface area (Å²) in [6.07, 6.45) is 0.200. The summed E-state index contributed by atoms with van der Waals surface area (Å²) in [5.41, 5.74) is 0.236. The second kappa shape index (κ2) is 7.50. The molecule has 2 saturated heterocycles. The zero-order valence-electron chi connectivity index (χ0n) is 16.1. The Morgan fingerprint density at radius 3 is 2.22 bits per heavy atom. The van der Waals surface area contributed by atoms with Gasteiger partial charge in [0.05, 0.1) is 16.6 Å². The van der Waals surface area contributed by atoms with Crippen molar-refractivity contribution in [1.82, 2.24) is 9.80 Å². The van der Waals surface area contributed by atoms with E-state index in [9.17, 15) is 14.4 Å². The molecule has 0 aromatic heterocycles. The van der Waals surface area contributed by atoms with Crippen molar-refractivity contribution < 1.29 is 14.4 Å². The third-order valence-corrected chi connectivity index (χ3v) is 5.46. The lowest BCUT2D eigenvalue weighted by Crippen LogP contribution is -2.54. The molecule has 0 aliphatic carbocycles. The van der Waals surface area contributed by atoms with Crippen LogP contribution >= 0.6 is 11.6 Å². The molecule has 2 fully saturated rings. The third-order valence-electron chi connectivity index (χ3n) is 5.14. The van der Waals surface area contributed by atoms with Crippen LogP contribution in [0.3, 0.4) is 0 Å². The molecule has 0 radical (unpaired) electrons. The predicted octanol–water partition coefficient (Wildman–Crippen LogP) is 2.41. The van der Waals surface area contributed by atoms with Crippen LogP contribution in [0.15, 0.2) is 24.3 Å². The summed E-state index contributed by atoms with van der Waals surface area (Å²) in [5.74, 6) is -0.349. The van der Waals surface area contributed by atoms with E-state index >= 15 is 0 Å². The number of anilines is 1. The van der Waals surface area contributed by atoms with E-state index in [0.29, 0.717) is 43.4 Å². The van der Waals surface area contributed by atoms with Gasteiger partial charge in [0, 0.05) is 44.6 Å². The molecule has 1 aromatic carbocycles. The summed E-state index contributed by atoms with van der Waals surface area (Å²) in [7, 11) is 0. The van der Waals surface area contributed by atoms with Gasteiger partial charge in [-0.3, -0.25) is 14.4 Å². The van der Waals surface area contributed by atoms with Crippen LogP contribution in [-0.2, 0) is 14.4 Å². The average Bonchev–Trinajstić information content (AvgIpc) is 3.02. The van der Waals surface area contributed by atoms with Gasteiger partial charge >= 0.3 is 0 Å². The Morgan fingerprint density at radius 1 is 1.04 bits per heavy atom. The fourth-order valence-electron chi connectivity index (χ4n) is 3.64. The van der Waals surface area contributed by atoms with Gasteiger partial charge in [-0.05, 0) is 12.1 Å². The molecule has 3 amide bonds. The summed E-state index contributed by atoms with van der Waals surface area (Å²) >= 11 is 6.20. The van der Waals surface area contributed by atoms with E-state index < -0.39 is 5.41 Å². The normalized spacial score (nSPS) is 21.0. The van der Waals surface area contributed by atoms with Gasteiger partial charge < -0.3 is 14.7 Å². The summed E-state index contributed by atoms with van der Waals surface area (Å²) in [5, 5.41) is 0.508. The predicted molar refractivity (Wildman–Crippen MR) is 105 cm³/mol. The van der Waals surface area contributed by atoms with Gasteiger partial charge in [-0.1, -0.05) is 44.5 Å². The molecule has 0 spiro atoms. The van der Waals surface area contributed by atoms with Crippen molar-refractivity contribution in [2.75, 3.05) is 37.6 Å². The van der Waals surface area contributed by atoms with Crippen molar-refractivity contribution >= 4 is 35.0 Å². The first-order valence-corrected chi connectivity index (χ1v) is 9.69. The third kappa shape index (κ3) is 4.10. The fourth-order valence-corrected chi connectivity index (χ4v) is 3.88. The summed E-state index contributed by atoms with van der Waals surface area (Å²) in [6.45, 7) is 8.16. The van der Waals surface area contributed by atoms with Gasteiger partial charge in [0.15, 0.2) is 0 Å². The number of rotatable bonds is 2. The molecule has 2 heterocycles. The van der Waals surface area contributed by atoms with Crippen molar-refractivity contribution in [1.29, 1.82) is 0 Å². The zero-order chi connectivity index (χ0) is 19.8. The molecule has 1 atom stereocenters. The molecule has 1 unspecified atom stereocenters. The Kier molecular flexibility index (Phi) is 5.47. The lowest BCUT2D eigenvalue weighted by Gasteiger charge is -2.38. The van der Waals surface area contributed by atoms with E-state index in [0.717, 1.165) is 0 Å². The Morgan fingerprint density at radius 2 is 1.63 bits per heavy atom. The van der Waals surface area contributed by atoms with Crippen LogP contribution in [0.4, 0.5) is 5.69 Å². The molecular weight excluding hydrogens is 366 g/mol. The molecule has 7 heteroatoms. The molecule has 1 aromatic rings. The largest absolute Gasteiger partial charge is 0.339 e. The first-order valence-electron chi connectivity index (χ1n) is 9.31. The van der Waals surface area contributed by atoms with Crippen LogP contribution < -0.4 is 4.90 Å². The van der Waals surface area contributed by atoms with E-state index in [2.05, 4.69) is 0 Å². The Balaban J connectivity index is 1.61. The monoisotopic (exact) mass is 391 g/mol. The number of piperazine rings is 1. The molecule has 6 nitrogen and oxygen atoms in total. The highest BCUT2D eigenvalue weighted by Gasteiger charge is 2.39. The number of amides is 3. The minimum absolute atomic E-state index is 0.0132. The quantitative estimate of drug-likeness (QED) is 0.777. The number of hydrogen-bond acceptors (Lipinski definition) is 3. The van der Waals surface area contributed by atoms with Crippen molar-refractivity contribution in [2.45, 2.75) is 27.2 Å². The van der Waals surface area contributed by atoms with E-state index in [1.165, 1.54) is 0 Å². The van der Waals surface area contributed by atoms with Crippen LogP contribution in [0.25, 0.3) is 0 Å². The van der Waals surface area contributed by atoms with Crippen LogP contribution in [-0.4, -0.2) is 60.2 Å². The van der Waals surface area contributed by atoms with Gasteiger partial charge in [0.2, 0.25) is 17.7 Å². The molecule has 2 aliphatic heterocycles. The van der Waals surface area contributed by atoms with Gasteiger partial charge in [-0.15, -0.1) is 0 Å². The highest BCUT2D eigenvalue weighted by atomic mass is 35.5. The maximum atomic E-state index is 12.9. The van der Waals surface area contributed by atoms with Crippen LogP contribution in [0, 0.1) is 11.3 Å². The van der Waals surface area contributed by atoms with E-state index in [1.807, 2.05) is 37.8 Å². The van der Waals surface area contributed by atoms with Gasteiger partial charge in [0.1, 0.15) is 0 Å². The highest BCUT2D eigenvalue weighted by molar-refractivity contribution is 6.33. The molecule has 2 aliphatic rings. The van der Waals surface area contributed by atoms with Crippen molar-refractivity contribution in [2.24, 2.45) is 11.3 Å². The fraction of sp³-hybridized carbons (Fsp3) is 0.550. The number of halogens is 1. The number of para-hydroxylation sites is 1.